The van der Waals surface area contributed by atoms with Gasteiger partial charge in [-0.15, -0.1) is 0 Å². The molecule has 0 aliphatic carbocycles. The van der Waals surface area contributed by atoms with E-state index in [2.05, 4.69) is 17.6 Å². The lowest BCUT2D eigenvalue weighted by Gasteiger charge is -2.22. The first kappa shape index (κ1) is 16.2. The fraction of sp³-hybridized carbons (Fsp3) is 0.562. The van der Waals surface area contributed by atoms with Crippen LogP contribution in [0.15, 0.2) is 24.3 Å². The number of benzene rings is 1. The Hall–Kier alpha value is -1.20. The van der Waals surface area contributed by atoms with Gasteiger partial charge < -0.3 is 15.4 Å². The number of nitrogens with one attached hydrogen (secondary N) is 2. The molecule has 1 atom stereocenters. The van der Waals surface area contributed by atoms with Gasteiger partial charge in [0.2, 0.25) is 5.91 Å². The summed E-state index contributed by atoms with van der Waals surface area (Å²) in [4.78, 5) is 12.1. The van der Waals surface area contributed by atoms with Gasteiger partial charge in [0.1, 0.15) is 5.75 Å². The topological polar surface area (TPSA) is 50.4 Å². The third kappa shape index (κ3) is 5.98. The van der Waals surface area contributed by atoms with E-state index in [-0.39, 0.29) is 11.9 Å². The molecular formula is C16H24N2O2S. The highest BCUT2D eigenvalue weighted by atomic mass is 32.2. The smallest absolute Gasteiger partial charge is 0.225 e. The van der Waals surface area contributed by atoms with E-state index in [0.29, 0.717) is 6.42 Å². The Balaban J connectivity index is 1.80. The molecular weight excluding hydrogens is 284 g/mol. The molecule has 1 unspecified atom stereocenters. The molecule has 116 valence electrons. The number of hydrogen-bond acceptors (Lipinski definition) is 4. The summed E-state index contributed by atoms with van der Waals surface area (Å²) < 4.78 is 5.65. The van der Waals surface area contributed by atoms with Crippen molar-refractivity contribution in [3.05, 3.63) is 24.3 Å². The molecule has 2 rings (SSSR count). The Morgan fingerprint density at radius 1 is 1.52 bits per heavy atom. The lowest BCUT2D eigenvalue weighted by molar-refractivity contribution is -0.116. The molecule has 0 aromatic heterocycles. The van der Waals surface area contributed by atoms with Gasteiger partial charge in [0.15, 0.2) is 0 Å². The first-order valence-electron chi connectivity index (χ1n) is 7.62. The second kappa shape index (κ2) is 8.95. The molecule has 1 amide bonds. The van der Waals surface area contributed by atoms with Crippen LogP contribution in [0.2, 0.25) is 0 Å². The van der Waals surface area contributed by atoms with Crippen LogP contribution in [0.3, 0.4) is 0 Å². The Morgan fingerprint density at radius 3 is 3.19 bits per heavy atom. The molecule has 1 heterocycles. The molecule has 1 saturated heterocycles. The molecule has 2 N–H and O–H groups in total. The normalized spacial score (nSPS) is 18.2. The number of amides is 1. The fourth-order valence-electron chi connectivity index (χ4n) is 2.18. The molecule has 1 fully saturated rings. The van der Waals surface area contributed by atoms with Crippen LogP contribution < -0.4 is 15.4 Å². The maximum absolute atomic E-state index is 12.1. The van der Waals surface area contributed by atoms with Gasteiger partial charge in [-0.1, -0.05) is 19.4 Å². The van der Waals surface area contributed by atoms with Crippen molar-refractivity contribution in [1.29, 1.82) is 0 Å². The third-order valence-corrected chi connectivity index (χ3v) is 4.45. The predicted octanol–water partition coefficient (Wildman–Crippen LogP) is 2.90. The zero-order valence-corrected chi connectivity index (χ0v) is 13.4. The van der Waals surface area contributed by atoms with Gasteiger partial charge in [-0.3, -0.25) is 4.79 Å². The average Bonchev–Trinajstić information content (AvgIpc) is 2.49. The van der Waals surface area contributed by atoms with Gasteiger partial charge in [0.05, 0.1) is 6.61 Å². The number of carbonyl (C=O) groups is 1. The van der Waals surface area contributed by atoms with Crippen LogP contribution in [0.25, 0.3) is 0 Å². The van der Waals surface area contributed by atoms with E-state index in [4.69, 9.17) is 4.74 Å². The van der Waals surface area contributed by atoms with Crippen molar-refractivity contribution >= 4 is 23.4 Å². The van der Waals surface area contributed by atoms with E-state index in [1.165, 1.54) is 0 Å². The monoisotopic (exact) mass is 308 g/mol. The quantitative estimate of drug-likeness (QED) is 0.761. The summed E-state index contributed by atoms with van der Waals surface area (Å²) in [5, 5.41) is 6.33. The summed E-state index contributed by atoms with van der Waals surface area (Å²) in [7, 11) is 0. The summed E-state index contributed by atoms with van der Waals surface area (Å²) >= 11 is 1.90. The third-order valence-electron chi connectivity index (χ3n) is 3.31. The summed E-state index contributed by atoms with van der Waals surface area (Å²) in [5.41, 5.74) is 0.803. The highest BCUT2D eigenvalue weighted by molar-refractivity contribution is 7.99. The van der Waals surface area contributed by atoms with E-state index >= 15 is 0 Å². The van der Waals surface area contributed by atoms with Crippen LogP contribution >= 0.6 is 11.8 Å². The average molecular weight is 308 g/mol. The van der Waals surface area contributed by atoms with Crippen molar-refractivity contribution in [3.8, 4) is 5.75 Å². The lowest BCUT2D eigenvalue weighted by atomic mass is 10.2. The van der Waals surface area contributed by atoms with Crippen molar-refractivity contribution in [1.82, 2.24) is 5.32 Å². The standard InChI is InChI=1S/C16H24N2O2S/c1-2-3-8-20-15-6-4-5-13(10-15)18-16(19)11-14-12-21-9-7-17-14/h4-6,10,14,17H,2-3,7-9,11-12H2,1H3,(H,18,19). The van der Waals surface area contributed by atoms with Crippen molar-refractivity contribution in [2.45, 2.75) is 32.2 Å². The van der Waals surface area contributed by atoms with Gasteiger partial charge >= 0.3 is 0 Å². The summed E-state index contributed by atoms with van der Waals surface area (Å²) in [6.45, 7) is 3.85. The highest BCUT2D eigenvalue weighted by Gasteiger charge is 2.16. The minimum Gasteiger partial charge on any atom is -0.494 e. The molecule has 1 aliphatic rings. The van der Waals surface area contributed by atoms with Crippen LogP contribution in [0.4, 0.5) is 5.69 Å². The SMILES string of the molecule is CCCCOc1cccc(NC(=O)CC2CSCCN2)c1. The van der Waals surface area contributed by atoms with Gasteiger partial charge in [-0.25, -0.2) is 0 Å². The minimum absolute atomic E-state index is 0.0562. The molecule has 0 saturated carbocycles. The second-order valence-electron chi connectivity index (χ2n) is 5.21. The zero-order valence-electron chi connectivity index (χ0n) is 12.6. The van der Waals surface area contributed by atoms with Crippen molar-refractivity contribution in [2.75, 3.05) is 30.0 Å². The summed E-state index contributed by atoms with van der Waals surface area (Å²) in [6.07, 6.45) is 2.68. The molecule has 1 aromatic carbocycles. The van der Waals surface area contributed by atoms with E-state index in [0.717, 1.165) is 48.9 Å². The second-order valence-corrected chi connectivity index (χ2v) is 6.36. The van der Waals surface area contributed by atoms with Crippen molar-refractivity contribution in [2.24, 2.45) is 0 Å². The fourth-order valence-corrected chi connectivity index (χ4v) is 3.13. The van der Waals surface area contributed by atoms with E-state index < -0.39 is 0 Å². The Labute approximate surface area is 131 Å². The Kier molecular flexibility index (Phi) is 6.89. The number of thioether (sulfide) groups is 1. The van der Waals surface area contributed by atoms with E-state index in [1.807, 2.05) is 36.0 Å². The Bertz CT molecular complexity index is 448. The predicted molar refractivity (Wildman–Crippen MR) is 89.2 cm³/mol. The molecule has 4 nitrogen and oxygen atoms in total. The van der Waals surface area contributed by atoms with E-state index in [1.54, 1.807) is 0 Å². The molecule has 0 bridgehead atoms. The highest BCUT2D eigenvalue weighted by Crippen LogP contribution is 2.18. The number of anilines is 1. The van der Waals surface area contributed by atoms with Gasteiger partial charge in [0, 0.05) is 42.3 Å². The Morgan fingerprint density at radius 2 is 2.43 bits per heavy atom. The lowest BCUT2D eigenvalue weighted by Crippen LogP contribution is -2.39. The zero-order chi connectivity index (χ0) is 14.9. The molecule has 1 aromatic rings. The van der Waals surface area contributed by atoms with Gasteiger partial charge in [0.25, 0.3) is 0 Å². The van der Waals surface area contributed by atoms with Crippen molar-refractivity contribution < 1.29 is 9.53 Å². The number of carbonyl (C=O) groups excluding carboxylic acids is 1. The van der Waals surface area contributed by atoms with Gasteiger partial charge in [-0.05, 0) is 18.6 Å². The largest absolute Gasteiger partial charge is 0.494 e. The first-order chi connectivity index (χ1) is 10.3. The number of unbranched alkanes of at least 4 members (excludes halogenated alkanes) is 1. The van der Waals surface area contributed by atoms with Crippen LogP contribution in [0.1, 0.15) is 26.2 Å². The summed E-state index contributed by atoms with van der Waals surface area (Å²) in [6, 6.07) is 7.90. The maximum atomic E-state index is 12.1. The molecule has 0 radical (unpaired) electrons. The maximum Gasteiger partial charge on any atom is 0.225 e. The molecule has 1 aliphatic heterocycles. The molecule has 21 heavy (non-hydrogen) atoms. The molecule has 5 heteroatoms. The van der Waals surface area contributed by atoms with Crippen molar-refractivity contribution in [3.63, 3.8) is 0 Å². The number of ether oxygens (including phenoxy) is 1. The number of rotatable bonds is 7. The number of hydrogen-bond donors (Lipinski definition) is 2. The first-order valence-corrected chi connectivity index (χ1v) is 8.77. The van der Waals surface area contributed by atoms with Crippen LogP contribution in [0, 0.1) is 0 Å². The van der Waals surface area contributed by atoms with Crippen LogP contribution in [-0.4, -0.2) is 36.6 Å². The summed E-state index contributed by atoms with van der Waals surface area (Å²) in [5.74, 6) is 3.01. The molecule has 0 spiro atoms. The van der Waals surface area contributed by atoms with Crippen LogP contribution in [-0.2, 0) is 4.79 Å². The van der Waals surface area contributed by atoms with Gasteiger partial charge in [-0.2, -0.15) is 11.8 Å². The van der Waals surface area contributed by atoms with E-state index in [9.17, 15) is 4.79 Å². The minimum atomic E-state index is 0.0562. The van der Waals surface area contributed by atoms with Crippen LogP contribution in [0.5, 0.6) is 5.75 Å².